The highest BCUT2D eigenvalue weighted by molar-refractivity contribution is 5.79. The van der Waals surface area contributed by atoms with E-state index in [1.165, 1.54) is 17.0 Å². The summed E-state index contributed by atoms with van der Waals surface area (Å²) < 4.78 is 5.18. The Morgan fingerprint density at radius 3 is 2.65 bits per heavy atom. The van der Waals surface area contributed by atoms with E-state index in [0.29, 0.717) is 6.29 Å². The third kappa shape index (κ3) is 3.78. The van der Waals surface area contributed by atoms with Crippen molar-refractivity contribution in [3.63, 3.8) is 0 Å². The lowest BCUT2D eigenvalue weighted by Crippen LogP contribution is -2.36. The van der Waals surface area contributed by atoms with Crippen LogP contribution < -0.4 is 4.74 Å². The van der Waals surface area contributed by atoms with Gasteiger partial charge in [0, 0.05) is 24.7 Å². The van der Waals surface area contributed by atoms with Gasteiger partial charge in [-0.25, -0.2) is 0 Å². The van der Waals surface area contributed by atoms with Gasteiger partial charge in [-0.3, -0.25) is 19.7 Å². The van der Waals surface area contributed by atoms with E-state index in [1.54, 1.807) is 7.05 Å². The molecule has 0 saturated carbocycles. The normalized spacial score (nSPS) is 10.2. The van der Waals surface area contributed by atoms with Gasteiger partial charge in [-0.2, -0.15) is 0 Å². The number of nitro benzene ring substituents is 1. The molecule has 1 rings (SSSR count). The van der Waals surface area contributed by atoms with Crippen LogP contribution in [0.2, 0.25) is 0 Å². The van der Waals surface area contributed by atoms with E-state index in [0.717, 1.165) is 6.07 Å². The molecule has 1 amide bonds. The molecule has 0 heterocycles. The number of amides is 1. The first-order valence-electron chi connectivity index (χ1n) is 5.99. The smallest absolute Gasteiger partial charge is 0.311 e. The van der Waals surface area contributed by atoms with Gasteiger partial charge in [-0.05, 0) is 26.0 Å². The van der Waals surface area contributed by atoms with Gasteiger partial charge >= 0.3 is 5.69 Å². The van der Waals surface area contributed by atoms with Crippen LogP contribution >= 0.6 is 0 Å². The van der Waals surface area contributed by atoms with E-state index in [4.69, 9.17) is 4.74 Å². The van der Waals surface area contributed by atoms with Gasteiger partial charge in [0.2, 0.25) is 0 Å². The molecule has 0 aromatic heterocycles. The quantitative estimate of drug-likeness (QED) is 0.449. The van der Waals surface area contributed by atoms with Gasteiger partial charge in [0.1, 0.15) is 6.29 Å². The molecule has 0 aliphatic rings. The average molecular weight is 280 g/mol. The summed E-state index contributed by atoms with van der Waals surface area (Å²) in [7, 11) is 1.63. The van der Waals surface area contributed by atoms with Crippen molar-refractivity contribution >= 4 is 17.9 Å². The molecule has 0 spiro atoms. The van der Waals surface area contributed by atoms with Crippen LogP contribution in [0.1, 0.15) is 24.2 Å². The Bertz CT molecular complexity index is 527. The molecule has 0 bridgehead atoms. The van der Waals surface area contributed by atoms with E-state index < -0.39 is 4.92 Å². The van der Waals surface area contributed by atoms with Crippen LogP contribution in [0.15, 0.2) is 18.2 Å². The summed E-state index contributed by atoms with van der Waals surface area (Å²) in [5.74, 6) is -0.320. The molecule has 0 N–H and O–H groups in total. The summed E-state index contributed by atoms with van der Waals surface area (Å²) in [5.41, 5.74) is -0.163. The minimum absolute atomic E-state index is 0.0125. The van der Waals surface area contributed by atoms with Gasteiger partial charge in [0.25, 0.3) is 5.91 Å². The molecule has 0 atom stereocenters. The van der Waals surface area contributed by atoms with Crippen molar-refractivity contribution in [3.05, 3.63) is 33.9 Å². The third-order valence-electron chi connectivity index (χ3n) is 2.83. The standard InChI is InChI=1S/C13H16N2O5/c1-9(2)14(3)13(17)8-20-12-5-4-10(7-16)6-11(12)15(18)19/h4-7,9H,8H2,1-3H3. The number of carbonyl (C=O) groups is 2. The van der Waals surface area contributed by atoms with E-state index in [-0.39, 0.29) is 35.6 Å². The number of rotatable bonds is 6. The van der Waals surface area contributed by atoms with Crippen LogP contribution in [0, 0.1) is 10.1 Å². The van der Waals surface area contributed by atoms with Crippen molar-refractivity contribution in [2.75, 3.05) is 13.7 Å². The number of aldehydes is 1. The van der Waals surface area contributed by atoms with Crippen molar-refractivity contribution in [1.82, 2.24) is 4.90 Å². The number of nitro groups is 1. The molecule has 0 aliphatic heterocycles. The second kappa shape index (κ2) is 6.65. The number of likely N-dealkylation sites (N-methyl/N-ethyl adjacent to an activating group) is 1. The monoisotopic (exact) mass is 280 g/mol. The number of hydrogen-bond donors (Lipinski definition) is 0. The first kappa shape index (κ1) is 15.6. The van der Waals surface area contributed by atoms with Crippen molar-refractivity contribution < 1.29 is 19.2 Å². The zero-order valence-electron chi connectivity index (χ0n) is 11.5. The maximum atomic E-state index is 11.7. The Morgan fingerprint density at radius 2 is 2.15 bits per heavy atom. The molecule has 0 aliphatic carbocycles. The minimum Gasteiger partial charge on any atom is -0.477 e. The van der Waals surface area contributed by atoms with Crippen LogP contribution in [0.5, 0.6) is 5.75 Å². The fraction of sp³-hybridized carbons (Fsp3) is 0.385. The lowest BCUT2D eigenvalue weighted by molar-refractivity contribution is -0.385. The Kier molecular flexibility index (Phi) is 5.19. The first-order chi connectivity index (χ1) is 9.36. The first-order valence-corrected chi connectivity index (χ1v) is 5.99. The van der Waals surface area contributed by atoms with Crippen LogP contribution in [-0.2, 0) is 4.79 Å². The predicted octanol–water partition coefficient (Wildman–Crippen LogP) is 1.65. The fourth-order valence-corrected chi connectivity index (χ4v) is 1.40. The Morgan fingerprint density at radius 1 is 1.50 bits per heavy atom. The molecule has 1 aromatic rings. The maximum Gasteiger partial charge on any atom is 0.311 e. The van der Waals surface area contributed by atoms with Crippen molar-refractivity contribution in [2.45, 2.75) is 19.9 Å². The van der Waals surface area contributed by atoms with E-state index in [2.05, 4.69) is 0 Å². The number of hydrogen-bond acceptors (Lipinski definition) is 5. The van der Waals surface area contributed by atoms with Crippen LogP contribution in [0.25, 0.3) is 0 Å². The minimum atomic E-state index is -0.654. The highest BCUT2D eigenvalue weighted by Crippen LogP contribution is 2.27. The molecular formula is C13H16N2O5. The fourth-order valence-electron chi connectivity index (χ4n) is 1.40. The second-order valence-electron chi connectivity index (χ2n) is 4.49. The third-order valence-corrected chi connectivity index (χ3v) is 2.83. The second-order valence-corrected chi connectivity index (χ2v) is 4.49. The summed E-state index contributed by atoms with van der Waals surface area (Å²) in [4.78, 5) is 34.1. The van der Waals surface area contributed by atoms with Gasteiger partial charge in [-0.15, -0.1) is 0 Å². The van der Waals surface area contributed by atoms with E-state index >= 15 is 0 Å². The highest BCUT2D eigenvalue weighted by Gasteiger charge is 2.18. The van der Waals surface area contributed by atoms with Crippen molar-refractivity contribution in [3.8, 4) is 5.75 Å². The zero-order chi connectivity index (χ0) is 15.3. The lowest BCUT2D eigenvalue weighted by atomic mass is 10.2. The van der Waals surface area contributed by atoms with Gasteiger partial charge in [0.15, 0.2) is 12.4 Å². The summed E-state index contributed by atoms with van der Waals surface area (Å²) in [6, 6.07) is 3.83. The predicted molar refractivity (Wildman–Crippen MR) is 71.9 cm³/mol. The van der Waals surface area contributed by atoms with Crippen molar-refractivity contribution in [1.29, 1.82) is 0 Å². The van der Waals surface area contributed by atoms with Gasteiger partial charge in [0.05, 0.1) is 4.92 Å². The maximum absolute atomic E-state index is 11.7. The molecule has 1 aromatic carbocycles. The Labute approximate surface area is 116 Å². The molecular weight excluding hydrogens is 264 g/mol. The molecule has 0 saturated heterocycles. The zero-order valence-corrected chi connectivity index (χ0v) is 11.5. The van der Waals surface area contributed by atoms with E-state index in [1.807, 2.05) is 13.8 Å². The largest absolute Gasteiger partial charge is 0.477 e. The number of nitrogens with zero attached hydrogens (tertiary/aromatic N) is 2. The number of carbonyl (C=O) groups excluding carboxylic acids is 2. The SMILES string of the molecule is CC(C)N(C)C(=O)COc1ccc(C=O)cc1[N+](=O)[O-]. The molecule has 108 valence electrons. The summed E-state index contributed by atoms with van der Waals surface area (Å²) in [5, 5.41) is 10.9. The molecule has 7 heteroatoms. The van der Waals surface area contributed by atoms with Crippen LogP contribution in [0.3, 0.4) is 0 Å². The highest BCUT2D eigenvalue weighted by atomic mass is 16.6. The Hall–Kier alpha value is -2.44. The Balaban J connectivity index is 2.85. The number of benzene rings is 1. The summed E-state index contributed by atoms with van der Waals surface area (Å²) in [6.45, 7) is 3.40. The van der Waals surface area contributed by atoms with Gasteiger partial charge < -0.3 is 9.64 Å². The molecule has 0 unspecified atom stereocenters. The molecule has 20 heavy (non-hydrogen) atoms. The van der Waals surface area contributed by atoms with Crippen molar-refractivity contribution in [2.24, 2.45) is 0 Å². The molecule has 7 nitrogen and oxygen atoms in total. The summed E-state index contributed by atoms with van der Waals surface area (Å²) >= 11 is 0. The van der Waals surface area contributed by atoms with E-state index in [9.17, 15) is 19.7 Å². The summed E-state index contributed by atoms with van der Waals surface area (Å²) in [6.07, 6.45) is 0.508. The average Bonchev–Trinajstić information content (AvgIpc) is 2.43. The molecule has 0 fully saturated rings. The lowest BCUT2D eigenvalue weighted by Gasteiger charge is -2.21. The number of ether oxygens (including phenoxy) is 1. The van der Waals surface area contributed by atoms with Gasteiger partial charge in [-0.1, -0.05) is 0 Å². The molecule has 0 radical (unpaired) electrons. The van der Waals surface area contributed by atoms with Crippen LogP contribution in [0.4, 0.5) is 5.69 Å². The van der Waals surface area contributed by atoms with Crippen LogP contribution in [-0.4, -0.2) is 41.7 Å². The topological polar surface area (TPSA) is 89.8 Å².